The molecule has 0 radical (unpaired) electrons. The van der Waals surface area contributed by atoms with E-state index in [9.17, 15) is 14.9 Å². The predicted octanol–water partition coefficient (Wildman–Crippen LogP) is 1.77. The summed E-state index contributed by atoms with van der Waals surface area (Å²) < 4.78 is 0. The molecule has 1 aromatic rings. The van der Waals surface area contributed by atoms with Gasteiger partial charge in [-0.2, -0.15) is 0 Å². The van der Waals surface area contributed by atoms with Crippen molar-refractivity contribution in [2.24, 2.45) is 0 Å². The van der Waals surface area contributed by atoms with Gasteiger partial charge in [0.15, 0.2) is 0 Å². The molecule has 1 aromatic carbocycles. The number of nitro benzene ring substituents is 1. The molecule has 17 heavy (non-hydrogen) atoms. The molecule has 0 aliphatic carbocycles. The van der Waals surface area contributed by atoms with Gasteiger partial charge in [0.25, 0.3) is 5.69 Å². The number of carbonyl (C=O) groups is 1. The number of nitrogens with zero attached hydrogens (tertiary/aromatic N) is 1. The molecule has 0 aliphatic heterocycles. The summed E-state index contributed by atoms with van der Waals surface area (Å²) >= 11 is 1.17. The van der Waals surface area contributed by atoms with E-state index in [1.165, 1.54) is 23.9 Å². The lowest BCUT2D eigenvalue weighted by Crippen LogP contribution is -2.06. The smallest absolute Gasteiger partial charge is 0.337 e. The summed E-state index contributed by atoms with van der Waals surface area (Å²) in [6, 6.07) is 3.66. The zero-order valence-corrected chi connectivity index (χ0v) is 9.81. The molecule has 0 saturated heterocycles. The minimum absolute atomic E-state index is 0.0965. The molecule has 0 aromatic heterocycles. The number of carboxylic acid groups (broad SMARTS) is 1. The third-order valence-electron chi connectivity index (χ3n) is 1.99. The van der Waals surface area contributed by atoms with E-state index in [0.717, 1.165) is 6.07 Å². The Kier molecular flexibility index (Phi) is 4.47. The molecular formula is C10H11NO5S. The van der Waals surface area contributed by atoms with Crippen molar-refractivity contribution in [2.45, 2.75) is 17.1 Å². The number of hydrogen-bond donors (Lipinski definition) is 2. The van der Waals surface area contributed by atoms with E-state index in [1.807, 2.05) is 0 Å². The van der Waals surface area contributed by atoms with Gasteiger partial charge in [0, 0.05) is 22.3 Å². The molecule has 1 rings (SSSR count). The second-order valence-corrected chi connectivity index (χ2v) is 4.83. The summed E-state index contributed by atoms with van der Waals surface area (Å²) in [7, 11) is 0. The summed E-state index contributed by atoms with van der Waals surface area (Å²) in [6.07, 6.45) is 0. The Morgan fingerprint density at radius 3 is 2.71 bits per heavy atom. The van der Waals surface area contributed by atoms with Gasteiger partial charge in [-0.05, 0) is 6.07 Å². The van der Waals surface area contributed by atoms with Crippen molar-refractivity contribution in [3.05, 3.63) is 33.9 Å². The summed E-state index contributed by atoms with van der Waals surface area (Å²) in [5.41, 5.74) is -0.382. The number of rotatable bonds is 5. The van der Waals surface area contributed by atoms with E-state index in [-0.39, 0.29) is 23.1 Å². The van der Waals surface area contributed by atoms with Crippen LogP contribution < -0.4 is 0 Å². The van der Waals surface area contributed by atoms with Gasteiger partial charge in [0.2, 0.25) is 0 Å². The Bertz CT molecular complexity index is 448. The fourth-order valence-corrected chi connectivity index (χ4v) is 2.08. The highest BCUT2D eigenvalue weighted by Crippen LogP contribution is 2.29. The second-order valence-electron chi connectivity index (χ2n) is 3.35. The molecular weight excluding hydrogens is 246 g/mol. The quantitative estimate of drug-likeness (QED) is 0.473. The Balaban J connectivity index is 3.13. The van der Waals surface area contributed by atoms with Crippen molar-refractivity contribution in [2.75, 3.05) is 6.61 Å². The minimum atomic E-state index is -1.22. The molecule has 1 atom stereocenters. The number of aliphatic hydroxyl groups excluding tert-OH is 1. The summed E-state index contributed by atoms with van der Waals surface area (Å²) in [5, 5.41) is 28.2. The fraction of sp³-hybridized carbons (Fsp3) is 0.300. The second kappa shape index (κ2) is 5.65. The number of benzene rings is 1. The van der Waals surface area contributed by atoms with Crippen LogP contribution in [0.1, 0.15) is 17.3 Å². The van der Waals surface area contributed by atoms with Crippen molar-refractivity contribution >= 4 is 23.4 Å². The average molecular weight is 257 g/mol. The highest BCUT2D eigenvalue weighted by molar-refractivity contribution is 8.00. The van der Waals surface area contributed by atoms with Crippen molar-refractivity contribution in [1.82, 2.24) is 0 Å². The number of thioether (sulfide) groups is 1. The maximum atomic E-state index is 11.0. The van der Waals surface area contributed by atoms with Gasteiger partial charge in [0.05, 0.1) is 17.1 Å². The third kappa shape index (κ3) is 3.43. The maximum Gasteiger partial charge on any atom is 0.337 e. The van der Waals surface area contributed by atoms with Crippen LogP contribution in [-0.2, 0) is 0 Å². The molecule has 2 N–H and O–H groups in total. The first-order valence-corrected chi connectivity index (χ1v) is 5.63. The van der Waals surface area contributed by atoms with Gasteiger partial charge >= 0.3 is 5.97 Å². The zero-order valence-electron chi connectivity index (χ0n) is 8.99. The molecule has 6 nitrogen and oxygen atoms in total. The van der Waals surface area contributed by atoms with E-state index in [4.69, 9.17) is 10.2 Å². The number of non-ortho nitro benzene ring substituents is 1. The summed E-state index contributed by atoms with van der Waals surface area (Å²) in [6.45, 7) is 1.64. The van der Waals surface area contributed by atoms with Gasteiger partial charge in [0.1, 0.15) is 0 Å². The number of nitro groups is 1. The van der Waals surface area contributed by atoms with Gasteiger partial charge in [-0.15, -0.1) is 11.8 Å². The molecule has 0 fully saturated rings. The average Bonchev–Trinajstić information content (AvgIpc) is 2.28. The van der Waals surface area contributed by atoms with E-state index in [2.05, 4.69) is 0 Å². The molecule has 0 spiro atoms. The zero-order chi connectivity index (χ0) is 13.0. The lowest BCUT2D eigenvalue weighted by molar-refractivity contribution is -0.384. The lowest BCUT2D eigenvalue weighted by Gasteiger charge is -2.09. The van der Waals surface area contributed by atoms with Crippen molar-refractivity contribution in [3.8, 4) is 0 Å². The van der Waals surface area contributed by atoms with Gasteiger partial charge < -0.3 is 10.2 Å². The Morgan fingerprint density at radius 1 is 1.59 bits per heavy atom. The molecule has 0 amide bonds. The number of aromatic carboxylic acids is 1. The third-order valence-corrected chi connectivity index (χ3v) is 3.15. The largest absolute Gasteiger partial charge is 0.478 e. The number of aliphatic hydroxyl groups is 1. The van der Waals surface area contributed by atoms with Crippen LogP contribution in [-0.4, -0.2) is 33.0 Å². The topological polar surface area (TPSA) is 101 Å². The number of hydrogen-bond acceptors (Lipinski definition) is 5. The van der Waals surface area contributed by atoms with E-state index >= 15 is 0 Å². The standard InChI is InChI=1S/C10H11NO5S/c1-6(5-12)17-9-3-2-7(11(15)16)4-8(9)10(13)14/h2-4,6,12H,5H2,1H3,(H,13,14). The van der Waals surface area contributed by atoms with Crippen molar-refractivity contribution < 1.29 is 19.9 Å². The first-order chi connectivity index (χ1) is 7.95. The van der Waals surface area contributed by atoms with Crippen LogP contribution in [0.4, 0.5) is 5.69 Å². The summed E-state index contributed by atoms with van der Waals surface area (Å²) in [4.78, 5) is 21.3. The van der Waals surface area contributed by atoms with E-state index < -0.39 is 10.9 Å². The molecule has 92 valence electrons. The highest BCUT2D eigenvalue weighted by Gasteiger charge is 2.17. The van der Waals surface area contributed by atoms with Crippen LogP contribution in [0, 0.1) is 10.1 Å². The molecule has 0 saturated carbocycles. The Labute approximate surface area is 101 Å². The van der Waals surface area contributed by atoms with Crippen LogP contribution in [0.25, 0.3) is 0 Å². The van der Waals surface area contributed by atoms with Gasteiger partial charge in [-0.25, -0.2) is 4.79 Å². The fourth-order valence-electron chi connectivity index (χ4n) is 1.16. The normalized spacial score (nSPS) is 12.1. The minimum Gasteiger partial charge on any atom is -0.478 e. The maximum absolute atomic E-state index is 11.0. The molecule has 7 heteroatoms. The SMILES string of the molecule is CC(CO)Sc1ccc([N+](=O)[O-])cc1C(=O)O. The lowest BCUT2D eigenvalue weighted by atomic mass is 10.2. The van der Waals surface area contributed by atoms with Crippen molar-refractivity contribution in [1.29, 1.82) is 0 Å². The number of carboxylic acids is 1. The first kappa shape index (κ1) is 13.5. The monoisotopic (exact) mass is 257 g/mol. The van der Waals surface area contributed by atoms with Crippen LogP contribution in [0.2, 0.25) is 0 Å². The molecule has 1 unspecified atom stereocenters. The van der Waals surface area contributed by atoms with Crippen molar-refractivity contribution in [3.63, 3.8) is 0 Å². The van der Waals surface area contributed by atoms with Gasteiger partial charge in [-0.1, -0.05) is 6.92 Å². The molecule has 0 bridgehead atoms. The molecule has 0 aliphatic rings. The van der Waals surface area contributed by atoms with E-state index in [0.29, 0.717) is 4.90 Å². The van der Waals surface area contributed by atoms with E-state index in [1.54, 1.807) is 6.92 Å². The van der Waals surface area contributed by atoms with Crippen LogP contribution in [0.3, 0.4) is 0 Å². The highest BCUT2D eigenvalue weighted by atomic mass is 32.2. The van der Waals surface area contributed by atoms with Crippen LogP contribution in [0.5, 0.6) is 0 Å². The predicted molar refractivity (Wildman–Crippen MR) is 62.5 cm³/mol. The Hall–Kier alpha value is -1.60. The van der Waals surface area contributed by atoms with Gasteiger partial charge in [-0.3, -0.25) is 10.1 Å². The van der Waals surface area contributed by atoms with Crippen LogP contribution >= 0.6 is 11.8 Å². The van der Waals surface area contributed by atoms with Crippen LogP contribution in [0.15, 0.2) is 23.1 Å². The summed E-state index contributed by atoms with van der Waals surface area (Å²) in [5.74, 6) is -1.22. The molecule has 0 heterocycles. The first-order valence-electron chi connectivity index (χ1n) is 4.75. The Morgan fingerprint density at radius 2 is 2.24 bits per heavy atom.